The Bertz CT molecular complexity index is 1120. The summed E-state index contributed by atoms with van der Waals surface area (Å²) in [6.07, 6.45) is 1.54. The van der Waals surface area contributed by atoms with E-state index in [0.29, 0.717) is 6.42 Å². The Hall–Kier alpha value is -4.05. The van der Waals surface area contributed by atoms with Gasteiger partial charge < -0.3 is 31.6 Å². The van der Waals surface area contributed by atoms with Gasteiger partial charge in [-0.25, -0.2) is 9.59 Å². The van der Waals surface area contributed by atoms with E-state index in [1.807, 2.05) is 48.5 Å². The highest BCUT2D eigenvalue weighted by Crippen LogP contribution is 2.44. The molecule has 204 valence electrons. The van der Waals surface area contributed by atoms with Crippen molar-refractivity contribution in [3.8, 4) is 11.1 Å². The zero-order valence-corrected chi connectivity index (χ0v) is 22.0. The van der Waals surface area contributed by atoms with Crippen molar-refractivity contribution in [2.75, 3.05) is 20.3 Å². The molecule has 0 aromatic heterocycles. The molecule has 0 fully saturated rings. The summed E-state index contributed by atoms with van der Waals surface area (Å²) < 4.78 is 10.3. The van der Waals surface area contributed by atoms with Crippen molar-refractivity contribution >= 4 is 36.3 Å². The van der Waals surface area contributed by atoms with Crippen LogP contribution in [0.3, 0.4) is 0 Å². The maximum Gasteiger partial charge on any atom is 0.407 e. The third-order valence-corrected chi connectivity index (χ3v) is 6.10. The summed E-state index contributed by atoms with van der Waals surface area (Å²) in [5, 5.41) is 5.23. The van der Waals surface area contributed by atoms with Gasteiger partial charge in [-0.3, -0.25) is 9.79 Å². The first-order valence-corrected chi connectivity index (χ1v) is 12.0. The van der Waals surface area contributed by atoms with Gasteiger partial charge in [0.1, 0.15) is 18.7 Å². The van der Waals surface area contributed by atoms with Gasteiger partial charge >= 0.3 is 12.1 Å². The van der Waals surface area contributed by atoms with E-state index in [-0.39, 0.29) is 50.3 Å². The number of hydrogen-bond acceptors (Lipinski definition) is 6. The van der Waals surface area contributed by atoms with Crippen molar-refractivity contribution in [1.29, 1.82) is 0 Å². The van der Waals surface area contributed by atoms with Gasteiger partial charge in [-0.15, -0.1) is 19.0 Å². The zero-order chi connectivity index (χ0) is 26.8. The molecule has 2 aromatic carbocycles. The highest BCUT2D eigenvalue weighted by Gasteiger charge is 2.30. The number of carbonyl (C=O) groups excluding carboxylic acids is 3. The molecular formula is C27H34ClN5O5. The van der Waals surface area contributed by atoms with Crippen LogP contribution in [0.15, 0.2) is 66.2 Å². The monoisotopic (exact) mass is 543 g/mol. The van der Waals surface area contributed by atoms with Crippen LogP contribution in [-0.4, -0.2) is 56.3 Å². The summed E-state index contributed by atoms with van der Waals surface area (Å²) >= 11 is 0. The summed E-state index contributed by atoms with van der Waals surface area (Å²) in [5.41, 5.74) is 15.1. The molecule has 1 aliphatic rings. The summed E-state index contributed by atoms with van der Waals surface area (Å²) in [6.45, 7) is 3.97. The van der Waals surface area contributed by atoms with Crippen molar-refractivity contribution < 1.29 is 23.9 Å². The number of fused-ring (bicyclic) bond motifs is 3. The normalized spacial score (nSPS) is 13.0. The average Bonchev–Trinajstić information content (AvgIpc) is 3.22. The lowest BCUT2D eigenvalue weighted by molar-refractivity contribution is -0.145. The van der Waals surface area contributed by atoms with Crippen LogP contribution in [0.1, 0.15) is 36.3 Å². The number of ether oxygens (including phenoxy) is 2. The number of hydrogen-bond donors (Lipinski definition) is 4. The largest absolute Gasteiger partial charge is 0.467 e. The van der Waals surface area contributed by atoms with Crippen LogP contribution in [-0.2, 0) is 19.1 Å². The van der Waals surface area contributed by atoms with Crippen LogP contribution in [0.5, 0.6) is 0 Å². The summed E-state index contributed by atoms with van der Waals surface area (Å²) in [7, 11) is 1.23. The van der Waals surface area contributed by atoms with Crippen LogP contribution in [0.2, 0.25) is 0 Å². The molecule has 3 rings (SSSR count). The van der Waals surface area contributed by atoms with Crippen molar-refractivity contribution in [1.82, 2.24) is 10.6 Å². The molecular weight excluding hydrogens is 510 g/mol. The molecule has 0 aliphatic heterocycles. The third kappa shape index (κ3) is 7.72. The minimum absolute atomic E-state index is 0. The fourth-order valence-electron chi connectivity index (χ4n) is 4.35. The Morgan fingerprint density at radius 1 is 1.03 bits per heavy atom. The second kappa shape index (κ2) is 14.6. The van der Waals surface area contributed by atoms with E-state index in [1.54, 1.807) is 0 Å². The quantitative estimate of drug-likeness (QED) is 0.105. The van der Waals surface area contributed by atoms with E-state index < -0.39 is 30.1 Å². The fraction of sp³-hybridized carbons (Fsp3) is 0.333. The van der Waals surface area contributed by atoms with E-state index in [1.165, 1.54) is 13.2 Å². The maximum atomic E-state index is 13.0. The average molecular weight is 544 g/mol. The molecule has 10 nitrogen and oxygen atoms in total. The van der Waals surface area contributed by atoms with Crippen molar-refractivity contribution in [3.05, 3.63) is 72.3 Å². The third-order valence-electron chi connectivity index (χ3n) is 6.10. The first-order valence-electron chi connectivity index (χ1n) is 12.0. The number of amides is 2. The molecule has 2 aromatic rings. The van der Waals surface area contributed by atoms with Crippen LogP contribution in [0, 0.1) is 0 Å². The van der Waals surface area contributed by atoms with Crippen LogP contribution in [0.4, 0.5) is 4.79 Å². The predicted molar refractivity (Wildman–Crippen MR) is 148 cm³/mol. The summed E-state index contributed by atoms with van der Waals surface area (Å²) in [6, 6.07) is 14.1. The molecule has 6 N–H and O–H groups in total. The number of methoxy groups -OCH3 is 1. The lowest BCUT2D eigenvalue weighted by Crippen LogP contribution is -2.52. The first kappa shape index (κ1) is 30.2. The number of alkyl carbamates (subject to hydrolysis) is 1. The summed E-state index contributed by atoms with van der Waals surface area (Å²) in [4.78, 5) is 41.7. The van der Waals surface area contributed by atoms with Crippen LogP contribution < -0.4 is 22.1 Å². The smallest absolute Gasteiger partial charge is 0.407 e. The number of benzene rings is 2. The molecule has 0 saturated carbocycles. The maximum absolute atomic E-state index is 13.0. The van der Waals surface area contributed by atoms with E-state index in [4.69, 9.17) is 20.9 Å². The fourth-order valence-corrected chi connectivity index (χ4v) is 4.35. The molecule has 38 heavy (non-hydrogen) atoms. The lowest BCUT2D eigenvalue weighted by Gasteiger charge is -2.22. The second-order valence-electron chi connectivity index (χ2n) is 8.58. The van der Waals surface area contributed by atoms with Gasteiger partial charge in [-0.1, -0.05) is 54.6 Å². The summed E-state index contributed by atoms with van der Waals surface area (Å²) in [5.74, 6) is -1.37. The van der Waals surface area contributed by atoms with E-state index in [9.17, 15) is 14.4 Å². The van der Waals surface area contributed by atoms with Gasteiger partial charge in [-0.2, -0.15) is 0 Å². The molecule has 1 aliphatic carbocycles. The van der Waals surface area contributed by atoms with Gasteiger partial charge in [0.15, 0.2) is 5.96 Å². The van der Waals surface area contributed by atoms with Gasteiger partial charge in [0.25, 0.3) is 0 Å². The Morgan fingerprint density at radius 2 is 1.63 bits per heavy atom. The highest BCUT2D eigenvalue weighted by atomic mass is 35.5. The zero-order valence-electron chi connectivity index (χ0n) is 21.2. The van der Waals surface area contributed by atoms with Gasteiger partial charge in [0.2, 0.25) is 5.91 Å². The minimum atomic E-state index is -0.984. The number of nitrogens with one attached hydrogen (secondary N) is 2. The van der Waals surface area contributed by atoms with E-state index >= 15 is 0 Å². The Morgan fingerprint density at radius 3 is 2.18 bits per heavy atom. The van der Waals surface area contributed by atoms with E-state index in [2.05, 4.69) is 22.2 Å². The van der Waals surface area contributed by atoms with Gasteiger partial charge in [0, 0.05) is 12.5 Å². The molecule has 0 unspecified atom stereocenters. The lowest BCUT2D eigenvalue weighted by atomic mass is 9.98. The Labute approximate surface area is 228 Å². The number of aliphatic imine (C=N–C) groups is 1. The molecule has 0 radical (unpaired) electrons. The Balaban J connectivity index is 0.00000507. The van der Waals surface area contributed by atoms with Crippen molar-refractivity contribution in [2.24, 2.45) is 16.5 Å². The van der Waals surface area contributed by atoms with E-state index in [0.717, 1.165) is 22.3 Å². The number of guanidine groups is 1. The van der Waals surface area contributed by atoms with Crippen molar-refractivity contribution in [2.45, 2.75) is 37.3 Å². The molecule has 0 heterocycles. The first-order chi connectivity index (χ1) is 17.8. The molecule has 2 atom stereocenters. The number of esters is 1. The van der Waals surface area contributed by atoms with Crippen LogP contribution in [0.25, 0.3) is 11.1 Å². The standard InChI is InChI=1S/C27H33N5O5.ClH/c1-3-9-23(25(34)36-2)31-24(33)22(14-8-15-30-26(28)29)32-27(35)37-16-21-19-12-6-4-10-17(19)18-11-5-7-13-20(18)21;/h3-7,10-13,21-23H,1,8-9,14-16H2,2H3,(H,31,33)(H,32,35)(H4,28,29,30);1H/t22-,23-;/m1./s1. The highest BCUT2D eigenvalue weighted by molar-refractivity contribution is 5.89. The van der Waals surface area contributed by atoms with Gasteiger partial charge in [0.05, 0.1) is 7.11 Å². The predicted octanol–water partition coefficient (Wildman–Crippen LogP) is 2.60. The van der Waals surface area contributed by atoms with Crippen LogP contribution >= 0.6 is 12.4 Å². The molecule has 0 spiro atoms. The number of rotatable bonds is 12. The second-order valence-corrected chi connectivity index (χ2v) is 8.58. The molecule has 0 saturated heterocycles. The minimum Gasteiger partial charge on any atom is -0.467 e. The SMILES string of the molecule is C=CC[C@@H](NC(=O)[C@@H](CCCN=C(N)N)NC(=O)OCC1c2ccccc2-c2ccccc21)C(=O)OC.Cl. The van der Waals surface area contributed by atoms with Crippen molar-refractivity contribution in [3.63, 3.8) is 0 Å². The number of halogens is 1. The topological polar surface area (TPSA) is 158 Å². The number of nitrogens with zero attached hydrogens (tertiary/aromatic N) is 1. The molecule has 2 amide bonds. The van der Waals surface area contributed by atoms with Gasteiger partial charge in [-0.05, 0) is 41.5 Å². The molecule has 0 bridgehead atoms. The Kier molecular flexibility index (Phi) is 11.6. The number of carbonyl (C=O) groups is 3. The molecule has 11 heteroatoms. The number of nitrogens with two attached hydrogens (primary N) is 2.